The van der Waals surface area contributed by atoms with Crippen molar-refractivity contribution in [2.24, 2.45) is 11.3 Å². The first-order valence-electron chi connectivity index (χ1n) is 25.6. The molecule has 4 aliphatic heterocycles. The molecule has 16 nitrogen and oxygen atoms in total. The van der Waals surface area contributed by atoms with Crippen LogP contribution in [0.25, 0.3) is 32.9 Å². The number of aromatic nitrogens is 3. The summed E-state index contributed by atoms with van der Waals surface area (Å²) in [5.41, 5.74) is 0.0121. The smallest absolute Gasteiger partial charge is 0.319 e. The number of piperidine rings is 1. The second-order valence-corrected chi connectivity index (χ2v) is 20.8. The van der Waals surface area contributed by atoms with Gasteiger partial charge in [0.25, 0.3) is 5.91 Å². The van der Waals surface area contributed by atoms with Crippen LogP contribution in [0.15, 0.2) is 42.6 Å². The molecule has 6 heterocycles. The van der Waals surface area contributed by atoms with E-state index in [1.165, 1.54) is 44.4 Å². The fourth-order valence-electron chi connectivity index (χ4n) is 11.5. The number of phenols is 1. The molecule has 3 N–H and O–H groups in total. The molecule has 5 fully saturated rings. The number of halogens is 3. The number of pyridine rings is 1. The van der Waals surface area contributed by atoms with Crippen molar-refractivity contribution >= 4 is 57.6 Å². The molecule has 5 aliphatic rings. The first kappa shape index (κ1) is 50.6. The van der Waals surface area contributed by atoms with Crippen LogP contribution < -0.4 is 25.2 Å². The number of nitrogens with zero attached hydrogens (tertiary/aromatic N) is 8. The first-order chi connectivity index (χ1) is 35.8. The SMILES string of the molecule is C#Cc1c(F)ccc2cc(O)cc(-c3ncc4c(N5CC6CCC(C5)N6)nc(OCC5(CN6CCC(CN7CCN(c8cc(C=O)c(C(=O)N(C)C(C=O)CCC(=O)NC)cc8F)CC7)CC6)CC5)nc4c3F)c12. The van der Waals surface area contributed by atoms with Gasteiger partial charge in [-0.25, -0.2) is 13.2 Å². The van der Waals surface area contributed by atoms with Gasteiger partial charge in [0.1, 0.15) is 40.7 Å². The molecule has 74 heavy (non-hydrogen) atoms. The minimum atomic E-state index is -0.923. The predicted octanol–water partition coefficient (Wildman–Crippen LogP) is 5.56. The van der Waals surface area contributed by atoms with Gasteiger partial charge in [-0.15, -0.1) is 6.42 Å². The summed E-state index contributed by atoms with van der Waals surface area (Å²) in [6.07, 6.45) is 14.6. The number of rotatable bonds is 17. The highest BCUT2D eigenvalue weighted by Gasteiger charge is 2.46. The summed E-state index contributed by atoms with van der Waals surface area (Å²) in [5.74, 6) is 0.293. The van der Waals surface area contributed by atoms with Gasteiger partial charge in [0.2, 0.25) is 5.91 Å². The number of nitrogens with one attached hydrogen (secondary N) is 2. The Hall–Kier alpha value is -6.88. The highest BCUT2D eigenvalue weighted by atomic mass is 19.1. The van der Waals surface area contributed by atoms with E-state index in [9.17, 15) is 24.3 Å². The molecule has 5 aromatic rings. The van der Waals surface area contributed by atoms with Crippen molar-refractivity contribution in [3.63, 3.8) is 0 Å². The van der Waals surface area contributed by atoms with E-state index in [1.807, 2.05) is 4.90 Å². The summed E-state index contributed by atoms with van der Waals surface area (Å²) in [4.78, 5) is 73.4. The van der Waals surface area contributed by atoms with Crippen molar-refractivity contribution in [3.05, 3.63) is 76.7 Å². The Kier molecular flexibility index (Phi) is 14.5. The lowest BCUT2D eigenvalue weighted by Crippen LogP contribution is -2.51. The van der Waals surface area contributed by atoms with Crippen LogP contribution in [0.1, 0.15) is 77.6 Å². The highest BCUT2D eigenvalue weighted by Crippen LogP contribution is 2.47. The topological polar surface area (TPSA) is 177 Å². The van der Waals surface area contributed by atoms with Crippen LogP contribution in [0.2, 0.25) is 0 Å². The number of aldehydes is 2. The number of fused-ring (bicyclic) bond motifs is 4. The summed E-state index contributed by atoms with van der Waals surface area (Å²) in [6, 6.07) is 7.67. The van der Waals surface area contributed by atoms with Crippen LogP contribution in [0.4, 0.5) is 24.7 Å². The number of aromatic hydroxyl groups is 1. The number of likely N-dealkylation sites (tertiary alicyclic amines) is 1. The van der Waals surface area contributed by atoms with Crippen molar-refractivity contribution in [2.45, 2.75) is 69.5 Å². The van der Waals surface area contributed by atoms with Gasteiger partial charge in [0.15, 0.2) is 12.1 Å². The summed E-state index contributed by atoms with van der Waals surface area (Å²) in [7, 11) is 2.88. The molecule has 3 unspecified atom stereocenters. The van der Waals surface area contributed by atoms with E-state index in [4.69, 9.17) is 21.1 Å². The number of carbonyl (C=O) groups is 4. The van der Waals surface area contributed by atoms with Gasteiger partial charge in [0.05, 0.1) is 34.8 Å². The Labute approximate surface area is 427 Å². The average molecular weight is 1020 g/mol. The van der Waals surface area contributed by atoms with Crippen molar-refractivity contribution in [2.75, 3.05) is 95.9 Å². The molecular weight excluding hydrogens is 954 g/mol. The number of anilines is 2. The van der Waals surface area contributed by atoms with Crippen LogP contribution in [0, 0.1) is 41.1 Å². The van der Waals surface area contributed by atoms with Crippen LogP contribution >= 0.6 is 0 Å². The van der Waals surface area contributed by atoms with Crippen molar-refractivity contribution in [3.8, 4) is 35.4 Å². The number of hydrogen-bond donors (Lipinski definition) is 3. The molecule has 2 bridgehead atoms. The van der Waals surface area contributed by atoms with E-state index in [0.717, 1.165) is 75.7 Å². The highest BCUT2D eigenvalue weighted by molar-refractivity contribution is 6.04. The third-order valence-electron chi connectivity index (χ3n) is 16.0. The zero-order valence-electron chi connectivity index (χ0n) is 41.7. The number of phenolic OH excluding ortho intramolecular Hbond substituents is 1. The fourth-order valence-corrected chi connectivity index (χ4v) is 11.5. The van der Waals surface area contributed by atoms with E-state index in [0.29, 0.717) is 81.0 Å². The second-order valence-electron chi connectivity index (χ2n) is 20.8. The minimum absolute atomic E-state index is 0.0121. The molecule has 2 amide bonds. The molecule has 3 atom stereocenters. The number of ether oxygens (including phenoxy) is 1. The van der Waals surface area contributed by atoms with Gasteiger partial charge in [-0.3, -0.25) is 24.3 Å². The number of likely N-dealkylation sites (N-methyl/N-ethyl adjacent to an activating group) is 1. The predicted molar refractivity (Wildman–Crippen MR) is 274 cm³/mol. The van der Waals surface area contributed by atoms with Crippen molar-refractivity contribution < 1.29 is 42.2 Å². The quantitative estimate of drug-likeness (QED) is 0.0780. The lowest BCUT2D eigenvalue weighted by atomic mass is 9.94. The maximum absolute atomic E-state index is 17.1. The van der Waals surface area contributed by atoms with Gasteiger partial charge in [0, 0.05) is 113 Å². The van der Waals surface area contributed by atoms with Gasteiger partial charge in [-0.2, -0.15) is 9.97 Å². The van der Waals surface area contributed by atoms with E-state index < -0.39 is 29.4 Å². The zero-order valence-corrected chi connectivity index (χ0v) is 41.7. The maximum atomic E-state index is 17.1. The average Bonchev–Trinajstić information content (AvgIpc) is 4.10. The van der Waals surface area contributed by atoms with E-state index in [2.05, 4.69) is 36.2 Å². The minimum Gasteiger partial charge on any atom is -0.508 e. The molecule has 19 heteroatoms. The number of piperazine rings is 2. The van der Waals surface area contributed by atoms with Crippen molar-refractivity contribution in [1.29, 1.82) is 0 Å². The van der Waals surface area contributed by atoms with E-state index >= 15 is 13.2 Å². The lowest BCUT2D eigenvalue weighted by Gasteiger charge is -2.40. The van der Waals surface area contributed by atoms with E-state index in [-0.39, 0.29) is 92.5 Å². The molecule has 1 saturated carbocycles. The standard InChI is InChI=1S/C55H61F3N10O6/c1-4-40-44(56)9-5-34-21-39(71)23-42(48(34)40)50-49(58)51-43(25-60-50)52(68-27-36-6-7-37(28-68)61-36)63-54(62-51)74-32-55(13-14-55)31-66-15-11-33(12-16-66)26-65-17-19-67(20-18-65)46-22-35(29-69)41(24-45(46)57)53(73)64(3)38(30-70)8-10-47(72)59-2/h1,5,9,21-25,29-30,33,36-38,61,71H,6-8,10-20,26-28,31-32H2,2-3H3,(H,59,72). The first-order valence-corrected chi connectivity index (χ1v) is 25.6. The Balaban J connectivity index is 0.766. The Morgan fingerprint density at radius 2 is 1.72 bits per heavy atom. The normalized spacial score (nSPS) is 20.3. The zero-order chi connectivity index (χ0) is 51.8. The summed E-state index contributed by atoms with van der Waals surface area (Å²) in [6.45, 7) is 7.88. The number of benzene rings is 3. The van der Waals surface area contributed by atoms with Gasteiger partial charge in [-0.1, -0.05) is 12.0 Å². The molecule has 2 aromatic heterocycles. The van der Waals surface area contributed by atoms with Crippen LogP contribution in [0.3, 0.4) is 0 Å². The lowest BCUT2D eigenvalue weighted by molar-refractivity contribution is -0.121. The monoisotopic (exact) mass is 1010 g/mol. The fraction of sp³-hybridized carbons (Fsp3) is 0.473. The van der Waals surface area contributed by atoms with E-state index in [1.54, 1.807) is 6.20 Å². The molecule has 388 valence electrons. The number of hydrogen-bond acceptors (Lipinski definition) is 14. The molecular formula is C55H61F3N10O6. The largest absolute Gasteiger partial charge is 0.508 e. The molecule has 10 rings (SSSR count). The Morgan fingerprint density at radius 3 is 2.39 bits per heavy atom. The summed E-state index contributed by atoms with van der Waals surface area (Å²) >= 11 is 0. The maximum Gasteiger partial charge on any atom is 0.319 e. The van der Waals surface area contributed by atoms with Gasteiger partial charge < -0.3 is 44.9 Å². The molecule has 3 aromatic carbocycles. The number of terminal acetylenes is 1. The summed E-state index contributed by atoms with van der Waals surface area (Å²) < 4.78 is 54.4. The number of amides is 2. The molecule has 0 spiro atoms. The van der Waals surface area contributed by atoms with Crippen LogP contribution in [-0.4, -0.2) is 163 Å². The Bertz CT molecular complexity index is 3030. The van der Waals surface area contributed by atoms with Crippen LogP contribution in [-0.2, 0) is 9.59 Å². The molecule has 4 saturated heterocycles. The van der Waals surface area contributed by atoms with Crippen LogP contribution in [0.5, 0.6) is 11.8 Å². The Morgan fingerprint density at radius 1 is 0.973 bits per heavy atom. The van der Waals surface area contributed by atoms with Crippen molar-refractivity contribution in [1.82, 2.24) is 40.3 Å². The van der Waals surface area contributed by atoms with Gasteiger partial charge >= 0.3 is 6.01 Å². The number of carbonyl (C=O) groups excluding carboxylic acids is 4. The third kappa shape index (κ3) is 10.3. The molecule has 0 radical (unpaired) electrons. The summed E-state index contributed by atoms with van der Waals surface area (Å²) in [5, 5.41) is 18.0. The third-order valence-corrected chi connectivity index (χ3v) is 16.0. The van der Waals surface area contributed by atoms with Gasteiger partial charge in [-0.05, 0) is 99.7 Å². The second kappa shape index (κ2) is 21.2. The molecule has 1 aliphatic carbocycles.